The summed E-state index contributed by atoms with van der Waals surface area (Å²) in [5, 5.41) is 0. The van der Waals surface area contributed by atoms with Crippen molar-refractivity contribution in [3.05, 3.63) is 102 Å². The summed E-state index contributed by atoms with van der Waals surface area (Å²) < 4.78 is 46.0. The Bertz CT molecular complexity index is 968. The molecule has 3 aromatic rings. The zero-order valence-electron chi connectivity index (χ0n) is 14.9. The van der Waals surface area contributed by atoms with Crippen LogP contribution in [0.4, 0.5) is 13.2 Å². The monoisotopic (exact) mass is 400 g/mol. The summed E-state index contributed by atoms with van der Waals surface area (Å²) in [6.07, 6.45) is -6.03. The van der Waals surface area contributed by atoms with Crippen LogP contribution in [0, 0.1) is 0 Å². The second-order valence-corrected chi connectivity index (χ2v) is 6.00. The topological polar surface area (TPSA) is 52.6 Å². The molecule has 0 N–H and O–H groups in total. The van der Waals surface area contributed by atoms with Gasteiger partial charge in [0.2, 0.25) is 5.78 Å². The molecule has 0 heterocycles. The van der Waals surface area contributed by atoms with Crippen molar-refractivity contribution in [2.75, 3.05) is 0 Å². The molecule has 3 rings (SSSR count). The average Bonchev–Trinajstić information content (AvgIpc) is 2.72. The van der Waals surface area contributed by atoms with E-state index in [-0.39, 0.29) is 5.56 Å². The molecule has 0 amide bonds. The van der Waals surface area contributed by atoms with Crippen molar-refractivity contribution < 1.29 is 32.2 Å². The molecular weight excluding hydrogens is 385 g/mol. The Morgan fingerprint density at radius 1 is 0.724 bits per heavy atom. The predicted octanol–water partition coefficient (Wildman–Crippen LogP) is 5.37. The van der Waals surface area contributed by atoms with E-state index >= 15 is 0 Å². The molecular formula is C22H15F3O4. The van der Waals surface area contributed by atoms with Crippen molar-refractivity contribution in [2.24, 2.45) is 0 Å². The van der Waals surface area contributed by atoms with Gasteiger partial charge in [0.25, 0.3) is 0 Å². The van der Waals surface area contributed by atoms with Crippen molar-refractivity contribution in [3.8, 4) is 5.75 Å². The molecule has 0 saturated carbocycles. The van der Waals surface area contributed by atoms with Gasteiger partial charge in [-0.15, -0.1) is 13.2 Å². The van der Waals surface area contributed by atoms with Crippen molar-refractivity contribution in [2.45, 2.75) is 12.5 Å². The number of halogens is 3. The van der Waals surface area contributed by atoms with Crippen LogP contribution in [0.1, 0.15) is 32.4 Å². The molecule has 0 spiro atoms. The fraction of sp³-hybridized carbons (Fsp3) is 0.0909. The van der Waals surface area contributed by atoms with Gasteiger partial charge in [-0.05, 0) is 24.3 Å². The molecule has 0 saturated heterocycles. The fourth-order valence-corrected chi connectivity index (χ4v) is 2.62. The van der Waals surface area contributed by atoms with E-state index in [2.05, 4.69) is 4.74 Å². The number of alkyl halides is 3. The van der Waals surface area contributed by atoms with Crippen LogP contribution < -0.4 is 4.74 Å². The lowest BCUT2D eigenvalue weighted by atomic mass is 10.00. The number of benzene rings is 3. The van der Waals surface area contributed by atoms with E-state index < -0.39 is 30.0 Å². The van der Waals surface area contributed by atoms with Gasteiger partial charge in [0.1, 0.15) is 5.75 Å². The second kappa shape index (κ2) is 8.60. The highest BCUT2D eigenvalue weighted by Crippen LogP contribution is 2.26. The van der Waals surface area contributed by atoms with E-state index in [4.69, 9.17) is 4.74 Å². The number of ketones is 1. The van der Waals surface area contributed by atoms with Gasteiger partial charge in [0.05, 0.1) is 5.56 Å². The highest BCUT2D eigenvalue weighted by atomic mass is 19.4. The molecule has 4 nitrogen and oxygen atoms in total. The first-order valence-corrected chi connectivity index (χ1v) is 8.54. The van der Waals surface area contributed by atoms with Crippen LogP contribution in [-0.2, 0) is 4.74 Å². The van der Waals surface area contributed by atoms with E-state index in [9.17, 15) is 22.8 Å². The summed E-state index contributed by atoms with van der Waals surface area (Å²) >= 11 is 0. The lowest BCUT2D eigenvalue weighted by molar-refractivity contribution is -0.274. The Labute approximate surface area is 164 Å². The third-order valence-electron chi connectivity index (χ3n) is 3.95. The van der Waals surface area contributed by atoms with Crippen LogP contribution in [0.3, 0.4) is 0 Å². The average molecular weight is 400 g/mol. The molecule has 29 heavy (non-hydrogen) atoms. The first-order chi connectivity index (χ1) is 13.8. The number of hydrogen-bond acceptors (Lipinski definition) is 4. The molecule has 0 fully saturated rings. The molecule has 0 radical (unpaired) electrons. The van der Waals surface area contributed by atoms with Crippen LogP contribution >= 0.6 is 0 Å². The maximum absolute atomic E-state index is 12.9. The molecule has 3 aromatic carbocycles. The lowest BCUT2D eigenvalue weighted by Crippen LogP contribution is -2.20. The number of carbonyl (C=O) groups is 2. The Kier molecular flexibility index (Phi) is 5.97. The van der Waals surface area contributed by atoms with E-state index in [0.717, 1.165) is 24.3 Å². The Morgan fingerprint density at radius 2 is 1.28 bits per heavy atom. The molecule has 1 atom stereocenters. The highest BCUT2D eigenvalue weighted by Gasteiger charge is 2.31. The fourth-order valence-electron chi connectivity index (χ4n) is 2.62. The highest BCUT2D eigenvalue weighted by molar-refractivity contribution is 6.02. The quantitative estimate of drug-likeness (QED) is 0.413. The largest absolute Gasteiger partial charge is 0.573 e. The van der Waals surface area contributed by atoms with Gasteiger partial charge in [0.15, 0.2) is 6.10 Å². The summed E-state index contributed by atoms with van der Waals surface area (Å²) in [7, 11) is 0. The van der Waals surface area contributed by atoms with Gasteiger partial charge in [-0.2, -0.15) is 0 Å². The normalized spacial score (nSPS) is 12.1. The van der Waals surface area contributed by atoms with Crippen molar-refractivity contribution in [1.82, 2.24) is 0 Å². The number of hydrogen-bond donors (Lipinski definition) is 0. The first-order valence-electron chi connectivity index (χ1n) is 8.54. The molecule has 0 aliphatic rings. The van der Waals surface area contributed by atoms with E-state index in [1.165, 1.54) is 0 Å². The number of carbonyl (C=O) groups excluding carboxylic acids is 2. The van der Waals surface area contributed by atoms with Crippen LogP contribution in [0.5, 0.6) is 5.75 Å². The molecule has 0 aliphatic heterocycles. The van der Waals surface area contributed by atoms with Gasteiger partial charge >= 0.3 is 12.3 Å². The van der Waals surface area contributed by atoms with Gasteiger partial charge < -0.3 is 9.47 Å². The smallest absolute Gasteiger partial charge is 0.445 e. The standard InChI is InChI=1S/C22H15F3O4/c23-22(24,25)29-18-13-11-17(12-14-18)21(27)28-20(16-9-5-2-6-10-16)19(26)15-7-3-1-4-8-15/h1-14,20H/t20-/m0/s1. The number of Topliss-reactive ketones (excluding diaryl/α,β-unsaturated/α-hetero) is 1. The molecule has 0 aromatic heterocycles. The lowest BCUT2D eigenvalue weighted by Gasteiger charge is -2.17. The van der Waals surface area contributed by atoms with Gasteiger partial charge in [0, 0.05) is 11.1 Å². The molecule has 7 heteroatoms. The van der Waals surface area contributed by atoms with Gasteiger partial charge in [-0.25, -0.2) is 4.79 Å². The van der Waals surface area contributed by atoms with Gasteiger partial charge in [-0.1, -0.05) is 60.7 Å². The minimum absolute atomic E-state index is 0.0127. The van der Waals surface area contributed by atoms with Crippen molar-refractivity contribution in [1.29, 1.82) is 0 Å². The zero-order valence-corrected chi connectivity index (χ0v) is 14.9. The number of esters is 1. The summed E-state index contributed by atoms with van der Waals surface area (Å²) in [5.74, 6) is -1.72. The van der Waals surface area contributed by atoms with E-state index in [0.29, 0.717) is 11.1 Å². The minimum atomic E-state index is -4.83. The Hall–Kier alpha value is -3.61. The Morgan fingerprint density at radius 3 is 1.83 bits per heavy atom. The SMILES string of the molecule is O=C(O[C@H](C(=O)c1ccccc1)c1ccccc1)c1ccc(OC(F)(F)F)cc1. The van der Waals surface area contributed by atoms with E-state index in [1.807, 2.05) is 0 Å². The predicted molar refractivity (Wildman–Crippen MR) is 98.5 cm³/mol. The third kappa shape index (κ3) is 5.44. The van der Waals surface area contributed by atoms with Crippen LogP contribution in [0.15, 0.2) is 84.9 Å². The molecule has 0 unspecified atom stereocenters. The minimum Gasteiger partial charge on any atom is -0.445 e. The number of ether oxygens (including phenoxy) is 2. The summed E-state index contributed by atoms with van der Waals surface area (Å²) in [6.45, 7) is 0. The Balaban J connectivity index is 1.82. The van der Waals surface area contributed by atoms with Crippen LogP contribution in [-0.4, -0.2) is 18.1 Å². The first kappa shape index (κ1) is 20.1. The summed E-state index contributed by atoms with van der Waals surface area (Å²) in [5.41, 5.74) is 0.830. The van der Waals surface area contributed by atoms with Crippen molar-refractivity contribution >= 4 is 11.8 Å². The number of rotatable bonds is 6. The summed E-state index contributed by atoms with van der Waals surface area (Å²) in [4.78, 5) is 25.4. The third-order valence-corrected chi connectivity index (χ3v) is 3.95. The molecule has 0 aliphatic carbocycles. The molecule has 148 valence electrons. The van der Waals surface area contributed by atoms with Crippen LogP contribution in [0.25, 0.3) is 0 Å². The van der Waals surface area contributed by atoms with E-state index in [1.54, 1.807) is 60.7 Å². The maximum atomic E-state index is 12.9. The van der Waals surface area contributed by atoms with Crippen LogP contribution in [0.2, 0.25) is 0 Å². The second-order valence-electron chi connectivity index (χ2n) is 6.00. The maximum Gasteiger partial charge on any atom is 0.573 e. The molecule has 0 bridgehead atoms. The summed E-state index contributed by atoms with van der Waals surface area (Å²) in [6, 6.07) is 21.1. The van der Waals surface area contributed by atoms with Crippen molar-refractivity contribution in [3.63, 3.8) is 0 Å². The zero-order chi connectivity index (χ0) is 20.9. The van der Waals surface area contributed by atoms with Gasteiger partial charge in [-0.3, -0.25) is 4.79 Å².